The van der Waals surface area contributed by atoms with Crippen molar-refractivity contribution in [2.24, 2.45) is 0 Å². The van der Waals surface area contributed by atoms with Crippen LogP contribution in [0.4, 0.5) is 5.69 Å². The van der Waals surface area contributed by atoms with E-state index in [-0.39, 0.29) is 17.4 Å². The van der Waals surface area contributed by atoms with Crippen LogP contribution >= 0.6 is 27.5 Å². The average Bonchev–Trinajstić information content (AvgIpc) is 2.20. The molecule has 0 aliphatic carbocycles. The second-order valence-corrected chi connectivity index (χ2v) is 3.95. The molecule has 0 amide bonds. The zero-order chi connectivity index (χ0) is 11.6. The zero-order valence-corrected chi connectivity index (χ0v) is 10.1. The molecule has 0 spiro atoms. The van der Waals surface area contributed by atoms with E-state index in [2.05, 4.69) is 15.9 Å². The van der Waals surface area contributed by atoms with E-state index in [9.17, 15) is 14.9 Å². The van der Waals surface area contributed by atoms with Crippen LogP contribution in [0.25, 0.3) is 0 Å². The number of nitro benzene ring substituents is 1. The summed E-state index contributed by atoms with van der Waals surface area (Å²) in [5.74, 6) is -0.379. The summed E-state index contributed by atoms with van der Waals surface area (Å²) in [6.45, 7) is 1.64. The van der Waals surface area contributed by atoms with Crippen molar-refractivity contribution in [1.29, 1.82) is 0 Å². The lowest BCUT2D eigenvalue weighted by Crippen LogP contribution is -2.04. The fourth-order valence-electron chi connectivity index (χ4n) is 1.19. The highest BCUT2D eigenvalue weighted by Gasteiger charge is 2.18. The van der Waals surface area contributed by atoms with Gasteiger partial charge in [0.2, 0.25) is 0 Å². The molecule has 0 saturated carbocycles. The molecule has 0 fully saturated rings. The predicted molar refractivity (Wildman–Crippen MR) is 60.6 cm³/mol. The molecule has 1 rings (SSSR count). The molecule has 0 aliphatic heterocycles. The highest BCUT2D eigenvalue weighted by atomic mass is 79.9. The molecule has 0 unspecified atom stereocenters. The molecule has 4 nitrogen and oxygen atoms in total. The van der Waals surface area contributed by atoms with Crippen molar-refractivity contribution in [3.05, 3.63) is 37.8 Å². The first kappa shape index (κ1) is 12.1. The Kier molecular flexibility index (Phi) is 3.82. The summed E-state index contributed by atoms with van der Waals surface area (Å²) < 4.78 is 0.323. The number of rotatable bonds is 3. The first-order chi connectivity index (χ1) is 6.99. The van der Waals surface area contributed by atoms with Gasteiger partial charge in [-0.05, 0) is 34.5 Å². The summed E-state index contributed by atoms with van der Waals surface area (Å²) >= 11 is 8.51. The number of ketones is 1. The maximum atomic E-state index is 11.3. The van der Waals surface area contributed by atoms with Gasteiger partial charge in [-0.25, -0.2) is 0 Å². The van der Waals surface area contributed by atoms with E-state index in [0.29, 0.717) is 15.6 Å². The number of carbonyl (C=O) groups is 1. The van der Waals surface area contributed by atoms with Crippen LogP contribution in [0.2, 0.25) is 0 Å². The van der Waals surface area contributed by atoms with Gasteiger partial charge < -0.3 is 0 Å². The molecule has 0 radical (unpaired) electrons. The Bertz CT molecular complexity index is 434. The molecular weight excluding hydrogens is 285 g/mol. The van der Waals surface area contributed by atoms with Gasteiger partial charge in [0, 0.05) is 11.6 Å². The molecule has 1 aromatic rings. The second kappa shape index (κ2) is 4.72. The molecule has 0 aliphatic rings. The van der Waals surface area contributed by atoms with E-state index in [0.717, 1.165) is 0 Å². The topological polar surface area (TPSA) is 60.2 Å². The normalized spacial score (nSPS) is 10.1. The molecule has 0 N–H and O–H groups in total. The number of nitro groups is 1. The minimum atomic E-state index is -0.508. The van der Waals surface area contributed by atoms with Crippen molar-refractivity contribution in [2.75, 3.05) is 5.88 Å². The summed E-state index contributed by atoms with van der Waals surface area (Å²) in [5, 5.41) is 10.6. The van der Waals surface area contributed by atoms with Gasteiger partial charge in [-0.15, -0.1) is 11.6 Å². The van der Waals surface area contributed by atoms with Crippen molar-refractivity contribution in [3.8, 4) is 0 Å². The highest BCUT2D eigenvalue weighted by Crippen LogP contribution is 2.30. The quantitative estimate of drug-likeness (QED) is 0.372. The minimum Gasteiger partial charge on any atom is -0.293 e. The molecular formula is C9H7BrClNO3. The molecule has 80 valence electrons. The summed E-state index contributed by atoms with van der Waals surface area (Å²) in [7, 11) is 0. The van der Waals surface area contributed by atoms with Crippen LogP contribution in [-0.4, -0.2) is 16.6 Å². The molecule has 0 bridgehead atoms. The summed E-state index contributed by atoms with van der Waals surface area (Å²) in [4.78, 5) is 21.4. The fourth-order valence-corrected chi connectivity index (χ4v) is 1.82. The Labute approximate surface area is 99.5 Å². The van der Waals surface area contributed by atoms with Gasteiger partial charge >= 0.3 is 0 Å². The largest absolute Gasteiger partial charge is 0.293 e. The van der Waals surface area contributed by atoms with Crippen LogP contribution in [0.15, 0.2) is 16.6 Å². The van der Waals surface area contributed by atoms with E-state index in [4.69, 9.17) is 11.6 Å². The van der Waals surface area contributed by atoms with E-state index in [1.54, 1.807) is 6.92 Å². The van der Waals surface area contributed by atoms with Crippen molar-refractivity contribution in [3.63, 3.8) is 0 Å². The van der Waals surface area contributed by atoms with Gasteiger partial charge in [-0.1, -0.05) is 0 Å². The van der Waals surface area contributed by atoms with E-state index < -0.39 is 4.92 Å². The highest BCUT2D eigenvalue weighted by molar-refractivity contribution is 9.10. The molecule has 6 heteroatoms. The smallest absolute Gasteiger partial charge is 0.283 e. The van der Waals surface area contributed by atoms with Crippen molar-refractivity contribution >= 4 is 39.0 Å². The Hall–Kier alpha value is -0.940. The summed E-state index contributed by atoms with van der Waals surface area (Å²) in [6.07, 6.45) is 0. The molecule has 0 atom stereocenters. The van der Waals surface area contributed by atoms with Crippen molar-refractivity contribution < 1.29 is 9.72 Å². The summed E-state index contributed by atoms with van der Waals surface area (Å²) in [5.41, 5.74) is 0.885. The molecule has 15 heavy (non-hydrogen) atoms. The maximum Gasteiger partial charge on any atom is 0.283 e. The molecule has 0 saturated heterocycles. The number of nitrogens with zero attached hydrogens (tertiary/aromatic N) is 1. The third-order valence-corrected chi connectivity index (χ3v) is 3.23. The Morgan fingerprint density at radius 1 is 1.60 bits per heavy atom. The van der Waals surface area contributed by atoms with E-state index in [1.165, 1.54) is 12.1 Å². The number of Topliss-reactive ketones (excluding diaryl/α,β-unsaturated/α-hetero) is 1. The van der Waals surface area contributed by atoms with Gasteiger partial charge in [0.25, 0.3) is 5.69 Å². The van der Waals surface area contributed by atoms with Crippen LogP contribution in [0.3, 0.4) is 0 Å². The average molecular weight is 293 g/mol. The molecule has 0 heterocycles. The van der Waals surface area contributed by atoms with E-state index >= 15 is 0 Å². The van der Waals surface area contributed by atoms with Crippen LogP contribution in [-0.2, 0) is 0 Å². The van der Waals surface area contributed by atoms with Gasteiger partial charge in [0.05, 0.1) is 15.3 Å². The first-order valence-corrected chi connectivity index (χ1v) is 5.34. The van der Waals surface area contributed by atoms with Crippen LogP contribution < -0.4 is 0 Å². The lowest BCUT2D eigenvalue weighted by Gasteiger charge is -2.05. The Balaban J connectivity index is 3.33. The fraction of sp³-hybridized carbons (Fsp3) is 0.222. The number of hydrogen-bond donors (Lipinski definition) is 0. The lowest BCUT2D eigenvalue weighted by molar-refractivity contribution is -0.385. The SMILES string of the molecule is Cc1c(C(=O)CCl)ccc([N+](=O)[O-])c1Br. The standard InChI is InChI=1S/C9H7BrClNO3/c1-5-6(8(13)4-11)2-3-7(9(5)10)12(14)15/h2-3H,4H2,1H3. The van der Waals surface area contributed by atoms with Crippen molar-refractivity contribution in [2.45, 2.75) is 6.92 Å². The number of halogens is 2. The predicted octanol–water partition coefficient (Wildman–Crippen LogP) is 3.09. The van der Waals surface area contributed by atoms with Gasteiger partial charge in [0.1, 0.15) is 0 Å². The van der Waals surface area contributed by atoms with Crippen LogP contribution in [0.5, 0.6) is 0 Å². The minimum absolute atomic E-state index is 0.0568. The van der Waals surface area contributed by atoms with Crippen LogP contribution in [0.1, 0.15) is 15.9 Å². The first-order valence-electron chi connectivity index (χ1n) is 4.01. The molecule has 0 aromatic heterocycles. The zero-order valence-electron chi connectivity index (χ0n) is 7.79. The Morgan fingerprint density at radius 2 is 2.20 bits per heavy atom. The number of carbonyl (C=O) groups excluding carboxylic acids is 1. The number of alkyl halides is 1. The Morgan fingerprint density at radius 3 is 2.67 bits per heavy atom. The van der Waals surface area contributed by atoms with E-state index in [1.807, 2.05) is 0 Å². The molecule has 1 aromatic carbocycles. The van der Waals surface area contributed by atoms with Gasteiger partial charge in [0.15, 0.2) is 5.78 Å². The second-order valence-electron chi connectivity index (χ2n) is 2.89. The third-order valence-electron chi connectivity index (χ3n) is 1.98. The monoisotopic (exact) mass is 291 g/mol. The third kappa shape index (κ3) is 2.35. The van der Waals surface area contributed by atoms with Crippen LogP contribution in [0, 0.1) is 17.0 Å². The summed E-state index contributed by atoms with van der Waals surface area (Å²) in [6, 6.07) is 2.71. The van der Waals surface area contributed by atoms with Crippen molar-refractivity contribution in [1.82, 2.24) is 0 Å². The van der Waals surface area contributed by atoms with Gasteiger partial charge in [-0.2, -0.15) is 0 Å². The van der Waals surface area contributed by atoms with Gasteiger partial charge in [-0.3, -0.25) is 14.9 Å². The number of hydrogen-bond acceptors (Lipinski definition) is 3. The number of benzene rings is 1. The lowest BCUT2D eigenvalue weighted by atomic mass is 10.1. The maximum absolute atomic E-state index is 11.3.